The zero-order valence-corrected chi connectivity index (χ0v) is 18.4. The number of halogens is 1. The summed E-state index contributed by atoms with van der Waals surface area (Å²) in [7, 11) is 0. The van der Waals surface area contributed by atoms with E-state index >= 15 is 0 Å². The summed E-state index contributed by atoms with van der Waals surface area (Å²) in [6, 6.07) is 15.0. The van der Waals surface area contributed by atoms with E-state index in [1.54, 1.807) is 16.8 Å². The molecule has 0 bridgehead atoms. The number of nitrogens with zero attached hydrogens (tertiary/aromatic N) is 4. The number of rotatable bonds is 6. The lowest BCUT2D eigenvalue weighted by Gasteiger charge is -2.32. The lowest BCUT2D eigenvalue weighted by Crippen LogP contribution is -2.42. The van der Waals surface area contributed by atoms with Crippen molar-refractivity contribution in [2.75, 3.05) is 19.7 Å². The van der Waals surface area contributed by atoms with E-state index in [1.165, 1.54) is 0 Å². The molecule has 0 spiro atoms. The van der Waals surface area contributed by atoms with Gasteiger partial charge in [0.2, 0.25) is 0 Å². The van der Waals surface area contributed by atoms with Gasteiger partial charge >= 0.3 is 0 Å². The predicted molar refractivity (Wildman–Crippen MR) is 118 cm³/mol. The summed E-state index contributed by atoms with van der Waals surface area (Å²) in [6.45, 7) is 5.58. The van der Waals surface area contributed by atoms with Gasteiger partial charge in [0.15, 0.2) is 17.2 Å². The Morgan fingerprint density at radius 1 is 1.13 bits per heavy atom. The Balaban J connectivity index is 1.40. The maximum absolute atomic E-state index is 13.1. The molecule has 31 heavy (non-hydrogen) atoms. The smallest absolute Gasteiger partial charge is 0.276 e. The van der Waals surface area contributed by atoms with E-state index < -0.39 is 0 Å². The first-order chi connectivity index (χ1) is 15.1. The predicted octanol–water partition coefficient (Wildman–Crippen LogP) is 4.31. The van der Waals surface area contributed by atoms with Gasteiger partial charge in [0.05, 0.1) is 18.0 Å². The second kappa shape index (κ2) is 9.39. The largest absolute Gasteiger partial charge is 0.490 e. The molecular formula is C23H25ClN4O3. The summed E-state index contributed by atoms with van der Waals surface area (Å²) in [5, 5.41) is 8.91. The van der Waals surface area contributed by atoms with Gasteiger partial charge in [0.1, 0.15) is 6.10 Å². The Kier molecular flexibility index (Phi) is 6.42. The summed E-state index contributed by atoms with van der Waals surface area (Å²) in [4.78, 5) is 14.9. The molecule has 0 N–H and O–H groups in total. The van der Waals surface area contributed by atoms with Gasteiger partial charge in [-0.2, -0.15) is 0 Å². The van der Waals surface area contributed by atoms with Crippen molar-refractivity contribution in [1.29, 1.82) is 0 Å². The highest BCUT2D eigenvalue weighted by molar-refractivity contribution is 6.30. The van der Waals surface area contributed by atoms with Crippen LogP contribution < -0.4 is 9.47 Å². The average Bonchev–Trinajstić information content (AvgIpc) is 3.16. The minimum atomic E-state index is -0.112. The summed E-state index contributed by atoms with van der Waals surface area (Å²) < 4.78 is 13.4. The highest BCUT2D eigenvalue weighted by Gasteiger charge is 2.28. The van der Waals surface area contributed by atoms with Crippen molar-refractivity contribution in [2.45, 2.75) is 32.8 Å². The number of aromatic nitrogens is 3. The molecule has 7 nitrogen and oxygen atoms in total. The zero-order chi connectivity index (χ0) is 21.8. The number of piperidine rings is 1. The Morgan fingerprint density at radius 2 is 1.87 bits per heavy atom. The van der Waals surface area contributed by atoms with Crippen LogP contribution in [0, 0.1) is 6.92 Å². The van der Waals surface area contributed by atoms with Crippen LogP contribution in [0.4, 0.5) is 0 Å². The van der Waals surface area contributed by atoms with Crippen molar-refractivity contribution in [3.8, 4) is 17.2 Å². The molecule has 3 aromatic rings. The second-order valence-corrected chi connectivity index (χ2v) is 7.84. The van der Waals surface area contributed by atoms with E-state index in [-0.39, 0.29) is 12.0 Å². The van der Waals surface area contributed by atoms with Crippen LogP contribution in [0.15, 0.2) is 48.5 Å². The molecule has 1 saturated heterocycles. The fourth-order valence-corrected chi connectivity index (χ4v) is 3.89. The van der Waals surface area contributed by atoms with Crippen LogP contribution >= 0.6 is 11.6 Å². The topological polar surface area (TPSA) is 69.5 Å². The molecule has 8 heteroatoms. The normalized spacial score (nSPS) is 14.5. The van der Waals surface area contributed by atoms with Gasteiger partial charge < -0.3 is 14.4 Å². The first-order valence-corrected chi connectivity index (χ1v) is 10.8. The van der Waals surface area contributed by atoms with Crippen LogP contribution in [-0.4, -0.2) is 51.6 Å². The van der Waals surface area contributed by atoms with Crippen molar-refractivity contribution in [3.05, 3.63) is 64.9 Å². The number of hydrogen-bond donors (Lipinski definition) is 0. The van der Waals surface area contributed by atoms with Crippen molar-refractivity contribution in [1.82, 2.24) is 19.9 Å². The molecule has 0 radical (unpaired) electrons. The van der Waals surface area contributed by atoms with E-state index in [1.807, 2.05) is 55.1 Å². The van der Waals surface area contributed by atoms with Crippen LogP contribution in [0.25, 0.3) is 5.69 Å². The van der Waals surface area contributed by atoms with Gasteiger partial charge in [-0.15, -0.1) is 5.10 Å². The van der Waals surface area contributed by atoms with Crippen molar-refractivity contribution in [2.24, 2.45) is 0 Å². The summed E-state index contributed by atoms with van der Waals surface area (Å²) in [5.41, 5.74) is 1.83. The quantitative estimate of drug-likeness (QED) is 0.571. The molecule has 0 saturated carbocycles. The monoisotopic (exact) mass is 440 g/mol. The molecular weight excluding hydrogens is 416 g/mol. The van der Waals surface area contributed by atoms with Gasteiger partial charge in [0.25, 0.3) is 5.91 Å². The lowest BCUT2D eigenvalue weighted by molar-refractivity contribution is 0.0583. The molecule has 4 rings (SSSR count). The second-order valence-electron chi connectivity index (χ2n) is 7.40. The molecule has 1 aromatic heterocycles. The molecule has 1 aliphatic rings. The number of hydrogen-bond acceptors (Lipinski definition) is 5. The minimum absolute atomic E-state index is 0.0360. The zero-order valence-electron chi connectivity index (χ0n) is 17.6. The molecule has 1 amide bonds. The molecule has 162 valence electrons. The average molecular weight is 441 g/mol. The number of likely N-dealkylation sites (tertiary alicyclic amines) is 1. The molecule has 2 heterocycles. The Morgan fingerprint density at radius 3 is 2.58 bits per heavy atom. The third kappa shape index (κ3) is 4.66. The van der Waals surface area contributed by atoms with E-state index in [4.69, 9.17) is 21.1 Å². The first kappa shape index (κ1) is 21.2. The van der Waals surface area contributed by atoms with Crippen LogP contribution in [0.3, 0.4) is 0 Å². The van der Waals surface area contributed by atoms with E-state index in [0.717, 1.165) is 30.0 Å². The fraction of sp³-hybridized carbons (Fsp3) is 0.348. The number of para-hydroxylation sites is 2. The first-order valence-electron chi connectivity index (χ1n) is 10.4. The molecule has 0 aliphatic carbocycles. The maximum Gasteiger partial charge on any atom is 0.276 e. The van der Waals surface area contributed by atoms with Gasteiger partial charge in [-0.1, -0.05) is 35.0 Å². The molecule has 1 aliphatic heterocycles. The van der Waals surface area contributed by atoms with Gasteiger partial charge in [-0.05, 0) is 44.2 Å². The molecule has 1 fully saturated rings. The van der Waals surface area contributed by atoms with Gasteiger partial charge in [0, 0.05) is 31.0 Å². The number of carbonyl (C=O) groups is 1. The number of ether oxygens (including phenoxy) is 2. The number of benzene rings is 2. The summed E-state index contributed by atoms with van der Waals surface area (Å²) >= 11 is 6.08. The Bertz CT molecular complexity index is 1060. The molecule has 0 unspecified atom stereocenters. The minimum Gasteiger partial charge on any atom is -0.490 e. The third-order valence-corrected chi connectivity index (χ3v) is 5.56. The molecule has 2 aromatic carbocycles. The van der Waals surface area contributed by atoms with Crippen LogP contribution in [-0.2, 0) is 0 Å². The van der Waals surface area contributed by atoms with Crippen molar-refractivity contribution >= 4 is 17.5 Å². The van der Waals surface area contributed by atoms with Crippen molar-refractivity contribution in [3.63, 3.8) is 0 Å². The Hall–Kier alpha value is -3.06. The van der Waals surface area contributed by atoms with E-state index in [0.29, 0.717) is 36.1 Å². The molecule has 0 atom stereocenters. The number of amides is 1. The van der Waals surface area contributed by atoms with E-state index in [2.05, 4.69) is 10.3 Å². The van der Waals surface area contributed by atoms with Gasteiger partial charge in [-0.25, -0.2) is 4.68 Å². The highest BCUT2D eigenvalue weighted by Crippen LogP contribution is 2.29. The summed E-state index contributed by atoms with van der Waals surface area (Å²) in [6.07, 6.45) is 1.52. The van der Waals surface area contributed by atoms with Gasteiger partial charge in [-0.3, -0.25) is 4.79 Å². The third-order valence-electron chi connectivity index (χ3n) is 5.32. The van der Waals surface area contributed by atoms with Crippen LogP contribution in [0.1, 0.15) is 35.9 Å². The SMILES string of the molecule is CCOc1ccccc1OC1CCN(C(=O)c2nnn(-c3cccc(Cl)c3)c2C)CC1. The number of carbonyl (C=O) groups excluding carboxylic acids is 1. The van der Waals surface area contributed by atoms with E-state index in [9.17, 15) is 4.79 Å². The van der Waals surface area contributed by atoms with Crippen LogP contribution in [0.5, 0.6) is 11.5 Å². The van der Waals surface area contributed by atoms with Crippen LogP contribution in [0.2, 0.25) is 5.02 Å². The fourth-order valence-electron chi connectivity index (χ4n) is 3.71. The standard InChI is InChI=1S/C23H25ClN4O3/c1-3-30-20-9-4-5-10-21(20)31-19-11-13-27(14-12-19)23(29)22-16(2)28(26-25-22)18-8-6-7-17(24)15-18/h4-10,15,19H,3,11-14H2,1-2H3. The lowest BCUT2D eigenvalue weighted by atomic mass is 10.1. The summed E-state index contributed by atoms with van der Waals surface area (Å²) in [5.74, 6) is 1.38. The Labute approximate surface area is 186 Å². The highest BCUT2D eigenvalue weighted by atomic mass is 35.5. The van der Waals surface area contributed by atoms with Crippen molar-refractivity contribution < 1.29 is 14.3 Å². The maximum atomic E-state index is 13.1.